The molecular weight excluding hydrogens is 316 g/mol. The van der Waals surface area contributed by atoms with E-state index in [0.717, 1.165) is 18.8 Å². The first-order chi connectivity index (χ1) is 12.0. The van der Waals surface area contributed by atoms with Crippen molar-refractivity contribution in [2.45, 2.75) is 32.9 Å². The molecule has 0 radical (unpaired) electrons. The van der Waals surface area contributed by atoms with E-state index in [2.05, 4.69) is 23.7 Å². The van der Waals surface area contributed by atoms with E-state index in [1.807, 2.05) is 12.1 Å². The minimum Gasteiger partial charge on any atom is -0.508 e. The van der Waals surface area contributed by atoms with Gasteiger partial charge in [0.25, 0.3) is 0 Å². The molecule has 134 valence electrons. The number of hydrogen-bond donors (Lipinski definition) is 3. The Balaban J connectivity index is 2.11. The predicted octanol–water partition coefficient (Wildman–Crippen LogP) is 3.49. The molecule has 0 aliphatic carbocycles. The summed E-state index contributed by atoms with van der Waals surface area (Å²) in [6.07, 6.45) is 0.796. The summed E-state index contributed by atoms with van der Waals surface area (Å²) in [7, 11) is 0. The molecule has 2 aromatic rings. The number of hydrogen-bond acceptors (Lipinski definition) is 5. The minimum absolute atomic E-state index is 0.158. The van der Waals surface area contributed by atoms with Crippen molar-refractivity contribution in [1.29, 1.82) is 0 Å². The van der Waals surface area contributed by atoms with Gasteiger partial charge in [-0.2, -0.15) is 0 Å². The summed E-state index contributed by atoms with van der Waals surface area (Å²) in [5, 5.41) is 29.9. The van der Waals surface area contributed by atoms with Gasteiger partial charge >= 0.3 is 0 Å². The van der Waals surface area contributed by atoms with Crippen molar-refractivity contribution >= 4 is 11.9 Å². The lowest BCUT2D eigenvalue weighted by Gasteiger charge is -2.21. The number of benzene rings is 2. The lowest BCUT2D eigenvalue weighted by molar-refractivity contribution is 0.154. The fourth-order valence-electron chi connectivity index (χ4n) is 2.66. The van der Waals surface area contributed by atoms with Crippen LogP contribution in [0.3, 0.4) is 0 Å². The molecule has 5 nitrogen and oxygen atoms in total. The van der Waals surface area contributed by atoms with Crippen LogP contribution >= 0.6 is 0 Å². The summed E-state index contributed by atoms with van der Waals surface area (Å²) in [4.78, 5) is 6.51. The maximum absolute atomic E-state index is 10.3. The van der Waals surface area contributed by atoms with Crippen molar-refractivity contribution in [3.63, 3.8) is 0 Å². The highest BCUT2D eigenvalue weighted by atomic mass is 16.3. The van der Waals surface area contributed by atoms with Crippen LogP contribution in [0.1, 0.15) is 38.0 Å². The van der Waals surface area contributed by atoms with Crippen LogP contribution in [-0.4, -0.2) is 40.7 Å². The molecule has 0 aliphatic rings. The Morgan fingerprint density at radius 1 is 1.04 bits per heavy atom. The Labute approximate surface area is 148 Å². The van der Waals surface area contributed by atoms with Crippen molar-refractivity contribution in [3.05, 3.63) is 53.6 Å². The van der Waals surface area contributed by atoms with Gasteiger partial charge in [0.15, 0.2) is 0 Å². The zero-order chi connectivity index (χ0) is 18.4. The normalized spacial score (nSPS) is 13.8. The van der Waals surface area contributed by atoms with Gasteiger partial charge in [0.2, 0.25) is 0 Å². The van der Waals surface area contributed by atoms with E-state index in [-0.39, 0.29) is 17.5 Å². The van der Waals surface area contributed by atoms with Crippen molar-refractivity contribution in [1.82, 2.24) is 0 Å². The quantitative estimate of drug-likeness (QED) is 0.673. The first-order valence-electron chi connectivity index (χ1n) is 8.54. The van der Waals surface area contributed by atoms with Crippen molar-refractivity contribution in [2.75, 3.05) is 18.0 Å². The summed E-state index contributed by atoms with van der Waals surface area (Å²) in [5.74, 6) is 0.324. The van der Waals surface area contributed by atoms with Gasteiger partial charge in [0.05, 0.1) is 6.04 Å². The van der Waals surface area contributed by atoms with Gasteiger partial charge in [-0.25, -0.2) is 0 Å². The molecule has 0 saturated carbocycles. The highest BCUT2D eigenvalue weighted by Crippen LogP contribution is 2.25. The van der Waals surface area contributed by atoms with Crippen LogP contribution in [0, 0.1) is 0 Å². The van der Waals surface area contributed by atoms with E-state index >= 15 is 0 Å². The lowest BCUT2D eigenvalue weighted by Crippen LogP contribution is -2.21. The summed E-state index contributed by atoms with van der Waals surface area (Å²) >= 11 is 0. The third-order valence-electron chi connectivity index (χ3n) is 4.28. The van der Waals surface area contributed by atoms with E-state index in [0.29, 0.717) is 11.1 Å². The molecular formula is C20H26N2O3. The summed E-state index contributed by atoms with van der Waals surface area (Å²) in [6, 6.07) is 11.5. The van der Waals surface area contributed by atoms with Crippen LogP contribution in [-0.2, 0) is 0 Å². The fraction of sp³-hybridized carbons (Fsp3) is 0.350. The Morgan fingerprint density at radius 2 is 1.68 bits per heavy atom. The van der Waals surface area contributed by atoms with Gasteiger partial charge in [-0.3, -0.25) is 4.99 Å². The van der Waals surface area contributed by atoms with Crippen molar-refractivity contribution in [2.24, 2.45) is 4.99 Å². The van der Waals surface area contributed by atoms with E-state index in [1.165, 1.54) is 12.1 Å². The number of phenolic OH excluding ortho intramolecular Hbond substituents is 2. The van der Waals surface area contributed by atoms with Crippen LogP contribution in [0.2, 0.25) is 0 Å². The van der Waals surface area contributed by atoms with E-state index in [1.54, 1.807) is 31.3 Å². The highest BCUT2D eigenvalue weighted by Gasteiger charge is 2.15. The fourth-order valence-corrected chi connectivity index (χ4v) is 2.66. The second-order valence-electron chi connectivity index (χ2n) is 5.97. The number of nitrogens with zero attached hydrogens (tertiary/aromatic N) is 2. The van der Waals surface area contributed by atoms with Gasteiger partial charge < -0.3 is 20.2 Å². The maximum Gasteiger partial charge on any atom is 0.126 e. The Morgan fingerprint density at radius 3 is 2.24 bits per heavy atom. The minimum atomic E-state index is -0.783. The summed E-state index contributed by atoms with van der Waals surface area (Å²) in [5.41, 5.74) is 2.26. The SMILES string of the molecule is CCN(CC)c1ccc(C=N[C@@H](C)[C@H](O)c2ccc(O)cc2)c(O)c1. The van der Waals surface area contributed by atoms with Crippen LogP contribution in [0.5, 0.6) is 11.5 Å². The molecule has 25 heavy (non-hydrogen) atoms. The van der Waals surface area contributed by atoms with Gasteiger partial charge in [0.1, 0.15) is 17.6 Å². The first-order valence-corrected chi connectivity index (χ1v) is 8.54. The molecule has 2 rings (SSSR count). The molecule has 0 aromatic heterocycles. The molecule has 5 heteroatoms. The molecule has 3 N–H and O–H groups in total. The van der Waals surface area contributed by atoms with E-state index in [9.17, 15) is 15.3 Å². The molecule has 2 atom stereocenters. The van der Waals surface area contributed by atoms with Crippen molar-refractivity contribution in [3.8, 4) is 11.5 Å². The molecule has 0 saturated heterocycles. The lowest BCUT2D eigenvalue weighted by atomic mass is 10.0. The smallest absolute Gasteiger partial charge is 0.126 e. The third kappa shape index (κ3) is 4.73. The van der Waals surface area contributed by atoms with Gasteiger partial charge in [-0.05, 0) is 50.6 Å². The van der Waals surface area contributed by atoms with Crippen LogP contribution in [0.4, 0.5) is 5.69 Å². The third-order valence-corrected chi connectivity index (χ3v) is 4.28. The van der Waals surface area contributed by atoms with Crippen LogP contribution < -0.4 is 4.90 Å². The highest BCUT2D eigenvalue weighted by molar-refractivity contribution is 5.84. The van der Waals surface area contributed by atoms with E-state index < -0.39 is 6.10 Å². The molecule has 0 unspecified atom stereocenters. The maximum atomic E-state index is 10.3. The van der Waals surface area contributed by atoms with Gasteiger partial charge in [-0.1, -0.05) is 12.1 Å². The second-order valence-corrected chi connectivity index (χ2v) is 5.97. The summed E-state index contributed by atoms with van der Waals surface area (Å²) < 4.78 is 0. The zero-order valence-electron chi connectivity index (χ0n) is 14.9. The second kappa shape index (κ2) is 8.53. The molecule has 0 heterocycles. The zero-order valence-corrected chi connectivity index (χ0v) is 14.9. The number of aliphatic hydroxyl groups is 1. The van der Waals surface area contributed by atoms with Crippen LogP contribution in [0.15, 0.2) is 47.5 Å². The number of aliphatic imine (C=N–C) groups is 1. The molecule has 0 spiro atoms. The molecule has 0 amide bonds. The first kappa shape index (κ1) is 18.8. The topological polar surface area (TPSA) is 76.3 Å². The molecule has 2 aromatic carbocycles. The Hall–Kier alpha value is -2.53. The number of aliphatic hydroxyl groups excluding tert-OH is 1. The number of aromatic hydroxyl groups is 2. The van der Waals surface area contributed by atoms with Crippen LogP contribution in [0.25, 0.3) is 0 Å². The largest absolute Gasteiger partial charge is 0.508 e. The number of phenols is 2. The monoisotopic (exact) mass is 342 g/mol. The average molecular weight is 342 g/mol. The Kier molecular flexibility index (Phi) is 6.42. The number of anilines is 1. The van der Waals surface area contributed by atoms with Crippen molar-refractivity contribution < 1.29 is 15.3 Å². The number of rotatable bonds is 7. The summed E-state index contributed by atoms with van der Waals surface area (Å²) in [6.45, 7) is 7.69. The predicted molar refractivity (Wildman–Crippen MR) is 102 cm³/mol. The standard InChI is InChI=1S/C20H26N2O3/c1-4-22(5-2)17-9-6-16(19(24)12-17)13-21-14(3)20(25)15-7-10-18(23)11-8-15/h6-14,20,23-25H,4-5H2,1-3H3/t14-,20-/m0/s1. The molecule has 0 bridgehead atoms. The van der Waals surface area contributed by atoms with E-state index in [4.69, 9.17) is 0 Å². The molecule has 0 aliphatic heterocycles. The molecule has 0 fully saturated rings. The Bertz CT molecular complexity index is 709. The average Bonchev–Trinajstić information content (AvgIpc) is 2.62. The van der Waals surface area contributed by atoms with Gasteiger partial charge in [0, 0.05) is 36.6 Å². The van der Waals surface area contributed by atoms with Gasteiger partial charge in [-0.15, -0.1) is 0 Å².